The Hall–Kier alpha value is -0.763. The summed E-state index contributed by atoms with van der Waals surface area (Å²) in [5.74, 6) is 1.01. The summed E-state index contributed by atoms with van der Waals surface area (Å²) in [5.41, 5.74) is 4.62. The van der Waals surface area contributed by atoms with E-state index in [9.17, 15) is 0 Å². The number of methoxy groups -OCH3 is 1. The van der Waals surface area contributed by atoms with Crippen LogP contribution in [0.2, 0.25) is 16.6 Å². The molecular formula is C14H16OSi. The molecule has 3 aliphatic heterocycles. The van der Waals surface area contributed by atoms with E-state index in [1.165, 1.54) is 23.0 Å². The summed E-state index contributed by atoms with van der Waals surface area (Å²) < 4.78 is 5.24. The third-order valence-electron chi connectivity index (χ3n) is 6.19. The van der Waals surface area contributed by atoms with E-state index in [-0.39, 0.29) is 0 Å². The maximum Gasteiger partial charge on any atom is 0.118 e. The normalized spacial score (nSPS) is 47.7. The van der Waals surface area contributed by atoms with Crippen molar-refractivity contribution in [2.45, 2.75) is 35.9 Å². The molecule has 1 spiro atoms. The van der Waals surface area contributed by atoms with Gasteiger partial charge in [0.05, 0.1) is 15.2 Å². The lowest BCUT2D eigenvalue weighted by Crippen LogP contribution is -2.55. The van der Waals surface area contributed by atoms with Crippen molar-refractivity contribution >= 4 is 13.3 Å². The van der Waals surface area contributed by atoms with Gasteiger partial charge in [-0.3, -0.25) is 0 Å². The van der Waals surface area contributed by atoms with Crippen LogP contribution in [0.4, 0.5) is 0 Å². The fraction of sp³-hybridized carbons (Fsp3) is 0.571. The van der Waals surface area contributed by atoms with Crippen LogP contribution in [0.3, 0.4) is 0 Å². The summed E-state index contributed by atoms with van der Waals surface area (Å²) in [6, 6.07) is 9.06. The molecule has 0 aromatic heterocycles. The zero-order valence-electron chi connectivity index (χ0n) is 9.57. The molecule has 2 saturated carbocycles. The van der Waals surface area contributed by atoms with Crippen LogP contribution in [0.5, 0.6) is 5.75 Å². The smallest absolute Gasteiger partial charge is 0.118 e. The lowest BCUT2D eigenvalue weighted by Gasteiger charge is -2.60. The number of rotatable bonds is 2. The molecule has 0 amide bonds. The summed E-state index contributed by atoms with van der Waals surface area (Å²) in [7, 11) is 0.933. The van der Waals surface area contributed by atoms with Crippen molar-refractivity contribution in [3.05, 3.63) is 24.3 Å². The Morgan fingerprint density at radius 3 is 2.38 bits per heavy atom. The molecule has 2 atom stereocenters. The van der Waals surface area contributed by atoms with Crippen LogP contribution in [-0.4, -0.2) is 15.2 Å². The quantitative estimate of drug-likeness (QED) is 0.707. The fourth-order valence-electron chi connectivity index (χ4n) is 5.42. The number of hydrogen-bond donors (Lipinski definition) is 0. The monoisotopic (exact) mass is 228 g/mol. The molecule has 1 nitrogen and oxygen atoms in total. The SMILES string of the molecule is COc1ccc([Si]23C4C2C2(CCC2)C43)cc1. The van der Waals surface area contributed by atoms with E-state index in [0.717, 1.165) is 11.2 Å². The minimum absolute atomic E-state index is 0.819. The van der Waals surface area contributed by atoms with Crippen molar-refractivity contribution in [3.8, 4) is 5.75 Å². The summed E-state index contributed by atoms with van der Waals surface area (Å²) in [4.78, 5) is 0. The molecule has 3 heterocycles. The predicted molar refractivity (Wildman–Crippen MR) is 65.9 cm³/mol. The van der Waals surface area contributed by atoms with Gasteiger partial charge in [0.15, 0.2) is 0 Å². The first-order chi connectivity index (χ1) is 7.85. The van der Waals surface area contributed by atoms with Gasteiger partial charge >= 0.3 is 0 Å². The van der Waals surface area contributed by atoms with E-state index in [2.05, 4.69) is 24.3 Å². The number of benzene rings is 1. The molecule has 1 aromatic carbocycles. The maximum absolute atomic E-state index is 5.24. The topological polar surface area (TPSA) is 9.23 Å². The Bertz CT molecular complexity index is 474. The summed E-state index contributed by atoms with van der Waals surface area (Å²) in [5, 5.41) is 1.74. The molecule has 5 fully saturated rings. The van der Waals surface area contributed by atoms with E-state index < -0.39 is 8.07 Å². The van der Waals surface area contributed by atoms with Crippen molar-refractivity contribution in [1.82, 2.24) is 0 Å². The van der Waals surface area contributed by atoms with Crippen LogP contribution in [0.15, 0.2) is 24.3 Å². The van der Waals surface area contributed by atoms with Gasteiger partial charge in [0, 0.05) is 0 Å². The van der Waals surface area contributed by atoms with E-state index in [1.807, 2.05) is 0 Å². The Kier molecular flexibility index (Phi) is 1.11. The number of hydrogen-bond acceptors (Lipinski definition) is 1. The minimum atomic E-state index is -0.819. The van der Waals surface area contributed by atoms with E-state index >= 15 is 0 Å². The van der Waals surface area contributed by atoms with Crippen molar-refractivity contribution in [3.63, 3.8) is 0 Å². The van der Waals surface area contributed by atoms with Crippen molar-refractivity contribution in [1.29, 1.82) is 0 Å². The van der Waals surface area contributed by atoms with Crippen LogP contribution in [0, 0.1) is 5.41 Å². The Morgan fingerprint density at radius 2 is 1.88 bits per heavy atom. The van der Waals surface area contributed by atoms with Gasteiger partial charge in [-0.15, -0.1) is 0 Å². The van der Waals surface area contributed by atoms with E-state index in [0.29, 0.717) is 0 Å². The van der Waals surface area contributed by atoms with Gasteiger partial charge in [0.1, 0.15) is 5.75 Å². The zero-order valence-corrected chi connectivity index (χ0v) is 10.6. The lowest BCUT2D eigenvalue weighted by atomic mass is 9.55. The molecule has 82 valence electrons. The summed E-state index contributed by atoms with van der Waals surface area (Å²) in [6.45, 7) is 0. The molecule has 6 rings (SSSR count). The molecule has 2 heteroatoms. The Morgan fingerprint density at radius 1 is 1.19 bits per heavy atom. The molecule has 2 aliphatic carbocycles. The third-order valence-corrected chi connectivity index (χ3v) is 12.5. The molecule has 3 saturated heterocycles. The highest BCUT2D eigenvalue weighted by Gasteiger charge is 3.06. The molecular weight excluding hydrogens is 212 g/mol. The lowest BCUT2D eigenvalue weighted by molar-refractivity contribution is 0.0543. The predicted octanol–water partition coefficient (Wildman–Crippen LogP) is 2.67. The first kappa shape index (κ1) is 8.35. The van der Waals surface area contributed by atoms with Crippen LogP contribution in [0.25, 0.3) is 0 Å². The van der Waals surface area contributed by atoms with Crippen molar-refractivity contribution in [2.75, 3.05) is 7.11 Å². The second-order valence-electron chi connectivity index (χ2n) is 6.23. The summed E-state index contributed by atoms with van der Waals surface area (Å²) in [6.07, 6.45) is 4.67. The van der Waals surface area contributed by atoms with Gasteiger partial charge in [-0.2, -0.15) is 0 Å². The maximum atomic E-state index is 5.24. The Labute approximate surface area is 96.8 Å². The highest BCUT2D eigenvalue weighted by molar-refractivity contribution is 7.18. The molecule has 5 aliphatic rings. The van der Waals surface area contributed by atoms with Gasteiger partial charge in [-0.05, 0) is 47.0 Å². The highest BCUT2D eigenvalue weighted by Crippen LogP contribution is 3.10. The molecule has 1 aromatic rings. The third kappa shape index (κ3) is 0.565. The first-order valence-electron chi connectivity index (χ1n) is 6.50. The van der Waals surface area contributed by atoms with Crippen molar-refractivity contribution in [2.24, 2.45) is 5.41 Å². The second kappa shape index (κ2) is 2.13. The van der Waals surface area contributed by atoms with Gasteiger partial charge in [0.2, 0.25) is 0 Å². The van der Waals surface area contributed by atoms with Gasteiger partial charge < -0.3 is 4.74 Å². The van der Waals surface area contributed by atoms with Crippen molar-refractivity contribution < 1.29 is 4.74 Å². The first-order valence-corrected chi connectivity index (χ1v) is 8.73. The molecule has 0 N–H and O–H groups in total. The Balaban J connectivity index is 1.48. The van der Waals surface area contributed by atoms with Gasteiger partial charge in [-0.1, -0.05) is 23.7 Å². The zero-order chi connectivity index (χ0) is 10.5. The average molecular weight is 228 g/mol. The van der Waals surface area contributed by atoms with E-state index in [4.69, 9.17) is 4.74 Å². The van der Waals surface area contributed by atoms with Crippen LogP contribution in [0.1, 0.15) is 19.3 Å². The van der Waals surface area contributed by atoms with Gasteiger partial charge in [-0.25, -0.2) is 0 Å². The molecule has 2 bridgehead atoms. The van der Waals surface area contributed by atoms with Crippen LogP contribution < -0.4 is 9.92 Å². The average Bonchev–Trinajstić information content (AvgIpc) is 3.00. The standard InChI is InChI=1S/C14H16OSi/c1-15-9-3-5-10(6-4-9)16-11-12(16)14(13(11)16)7-2-8-14/h3-6,11-13H,2,7-8H2,1H3. The largest absolute Gasteiger partial charge is 0.497 e. The molecule has 16 heavy (non-hydrogen) atoms. The van der Waals surface area contributed by atoms with Crippen LogP contribution >= 0.6 is 0 Å². The van der Waals surface area contributed by atoms with Crippen LogP contribution in [-0.2, 0) is 0 Å². The highest BCUT2D eigenvalue weighted by atomic mass is 28.3. The fourth-order valence-corrected chi connectivity index (χ4v) is 13.8. The van der Waals surface area contributed by atoms with Gasteiger partial charge in [0.25, 0.3) is 0 Å². The molecule has 0 radical (unpaired) electrons. The summed E-state index contributed by atoms with van der Waals surface area (Å²) >= 11 is 0. The number of ether oxygens (including phenoxy) is 1. The minimum Gasteiger partial charge on any atom is -0.497 e. The molecule has 2 unspecified atom stereocenters. The second-order valence-corrected chi connectivity index (χ2v) is 10.6. The van der Waals surface area contributed by atoms with E-state index in [1.54, 1.807) is 25.1 Å².